The van der Waals surface area contributed by atoms with E-state index in [-0.39, 0.29) is 24.9 Å². The largest absolute Gasteiger partial charge is 0.352 e. The third kappa shape index (κ3) is 8.82. The van der Waals surface area contributed by atoms with Crippen molar-refractivity contribution in [1.29, 1.82) is 0 Å². The van der Waals surface area contributed by atoms with Crippen LogP contribution in [0.1, 0.15) is 54.4 Å². The minimum atomic E-state index is -3.82. The molecule has 1 aliphatic rings. The number of hydrogen-bond donors (Lipinski definition) is 1. The standard InChI is InChI=1S/C33H40ClN3O4S/c1-24-17-25(2)19-30(18-24)37(42(3,40)41)23-32(38)36(22-27-13-10-14-28(34)20-27)31(21-26-11-6-4-7-12-26)33(39)35-29-15-8-5-9-16-29/h4,6-7,10-14,17-20,29,31H,5,8-9,15-16,21-23H2,1-3H3,(H,35,39)/t31-/m1/s1. The van der Waals surface area contributed by atoms with Crippen LogP contribution < -0.4 is 9.62 Å². The lowest BCUT2D eigenvalue weighted by Gasteiger charge is -2.35. The lowest BCUT2D eigenvalue weighted by Crippen LogP contribution is -2.55. The van der Waals surface area contributed by atoms with E-state index in [1.54, 1.807) is 30.3 Å². The molecule has 0 heterocycles. The van der Waals surface area contributed by atoms with Crippen LogP contribution in [0.25, 0.3) is 0 Å². The smallest absolute Gasteiger partial charge is 0.244 e. The Bertz CT molecular complexity index is 1470. The Balaban J connectivity index is 1.73. The van der Waals surface area contributed by atoms with Crippen LogP contribution in [0.2, 0.25) is 5.02 Å². The van der Waals surface area contributed by atoms with Crippen LogP contribution in [0.15, 0.2) is 72.8 Å². The number of nitrogens with zero attached hydrogens (tertiary/aromatic N) is 2. The Morgan fingerprint density at radius 1 is 0.905 bits per heavy atom. The first-order valence-electron chi connectivity index (χ1n) is 14.4. The molecule has 0 bridgehead atoms. The highest BCUT2D eigenvalue weighted by atomic mass is 35.5. The van der Waals surface area contributed by atoms with E-state index in [4.69, 9.17) is 11.6 Å². The van der Waals surface area contributed by atoms with Gasteiger partial charge in [-0.3, -0.25) is 13.9 Å². The quantitative estimate of drug-likeness (QED) is 0.297. The molecule has 7 nitrogen and oxygen atoms in total. The Labute approximate surface area is 254 Å². The fourth-order valence-electron chi connectivity index (χ4n) is 5.64. The van der Waals surface area contributed by atoms with Crippen LogP contribution in [-0.4, -0.2) is 50.0 Å². The molecule has 3 aromatic carbocycles. The van der Waals surface area contributed by atoms with E-state index in [0.29, 0.717) is 10.7 Å². The van der Waals surface area contributed by atoms with Crippen LogP contribution >= 0.6 is 11.6 Å². The van der Waals surface area contributed by atoms with Crippen molar-refractivity contribution >= 4 is 39.1 Å². The van der Waals surface area contributed by atoms with Gasteiger partial charge in [-0.2, -0.15) is 0 Å². The van der Waals surface area contributed by atoms with E-state index in [2.05, 4.69) is 5.32 Å². The van der Waals surface area contributed by atoms with Crippen LogP contribution in [0.3, 0.4) is 0 Å². The second-order valence-electron chi connectivity index (χ2n) is 11.3. The van der Waals surface area contributed by atoms with Crippen molar-refractivity contribution in [3.05, 3.63) is 100 Å². The molecule has 0 aromatic heterocycles. The lowest BCUT2D eigenvalue weighted by molar-refractivity contribution is -0.140. The first-order valence-corrected chi connectivity index (χ1v) is 16.7. The van der Waals surface area contributed by atoms with Crippen LogP contribution in [-0.2, 0) is 32.6 Å². The van der Waals surface area contributed by atoms with Gasteiger partial charge in [-0.15, -0.1) is 0 Å². The first-order chi connectivity index (χ1) is 20.0. The van der Waals surface area contributed by atoms with E-state index in [1.807, 2.05) is 56.3 Å². The average Bonchev–Trinajstić information content (AvgIpc) is 2.93. The zero-order valence-electron chi connectivity index (χ0n) is 24.6. The number of carbonyl (C=O) groups excluding carboxylic acids is 2. The van der Waals surface area contributed by atoms with Crippen molar-refractivity contribution in [1.82, 2.24) is 10.2 Å². The molecule has 0 spiro atoms. The predicted octanol–water partition coefficient (Wildman–Crippen LogP) is 5.81. The van der Waals surface area contributed by atoms with E-state index in [0.717, 1.165) is 64.9 Å². The van der Waals surface area contributed by atoms with Gasteiger partial charge in [0, 0.05) is 24.0 Å². The molecule has 3 aromatic rings. The molecule has 0 saturated heterocycles. The molecule has 1 saturated carbocycles. The molecule has 224 valence electrons. The number of carbonyl (C=O) groups is 2. The maximum Gasteiger partial charge on any atom is 0.244 e. The molecule has 1 aliphatic carbocycles. The topological polar surface area (TPSA) is 86.8 Å². The van der Waals surface area contributed by atoms with Gasteiger partial charge in [0.25, 0.3) is 0 Å². The number of halogens is 1. The Morgan fingerprint density at radius 3 is 2.17 bits per heavy atom. The van der Waals surface area contributed by atoms with Crippen molar-refractivity contribution < 1.29 is 18.0 Å². The fraction of sp³-hybridized carbons (Fsp3) is 0.394. The second kappa shape index (κ2) is 14.2. The van der Waals surface area contributed by atoms with Crippen molar-refractivity contribution in [2.75, 3.05) is 17.1 Å². The summed E-state index contributed by atoms with van der Waals surface area (Å²) in [5, 5.41) is 3.72. The van der Waals surface area contributed by atoms with Gasteiger partial charge in [0.05, 0.1) is 11.9 Å². The maximum atomic E-state index is 14.3. The summed E-state index contributed by atoms with van der Waals surface area (Å²) in [6.45, 7) is 3.43. The Kier molecular flexibility index (Phi) is 10.7. The Hall–Kier alpha value is -3.36. The highest BCUT2D eigenvalue weighted by Crippen LogP contribution is 2.24. The highest BCUT2D eigenvalue weighted by Gasteiger charge is 2.34. The number of sulfonamides is 1. The van der Waals surface area contributed by atoms with Gasteiger partial charge in [0.15, 0.2) is 0 Å². The normalized spacial score (nSPS) is 14.7. The predicted molar refractivity (Wildman–Crippen MR) is 169 cm³/mol. The Morgan fingerprint density at radius 2 is 1.55 bits per heavy atom. The summed E-state index contributed by atoms with van der Waals surface area (Å²) in [6.07, 6.45) is 6.45. The van der Waals surface area contributed by atoms with Gasteiger partial charge in [0.2, 0.25) is 21.8 Å². The van der Waals surface area contributed by atoms with Gasteiger partial charge in [-0.05, 0) is 73.2 Å². The van der Waals surface area contributed by atoms with Crippen molar-refractivity contribution in [2.24, 2.45) is 0 Å². The van der Waals surface area contributed by atoms with Gasteiger partial charge >= 0.3 is 0 Å². The van der Waals surface area contributed by atoms with Crippen LogP contribution in [0.5, 0.6) is 0 Å². The molecule has 0 unspecified atom stereocenters. The summed E-state index contributed by atoms with van der Waals surface area (Å²) in [5.74, 6) is -0.710. The van der Waals surface area contributed by atoms with Crippen LogP contribution in [0, 0.1) is 13.8 Å². The zero-order chi connectivity index (χ0) is 30.3. The minimum absolute atomic E-state index is 0.0513. The molecule has 4 rings (SSSR count). The van der Waals surface area contributed by atoms with Gasteiger partial charge < -0.3 is 10.2 Å². The zero-order valence-corrected chi connectivity index (χ0v) is 26.1. The van der Waals surface area contributed by atoms with E-state index >= 15 is 0 Å². The summed E-state index contributed by atoms with van der Waals surface area (Å²) < 4.78 is 27.2. The molecular formula is C33H40ClN3O4S. The number of rotatable bonds is 11. The number of aryl methyl sites for hydroxylation is 2. The van der Waals surface area contributed by atoms with E-state index in [9.17, 15) is 18.0 Å². The number of anilines is 1. The molecule has 2 amide bonds. The summed E-state index contributed by atoms with van der Waals surface area (Å²) >= 11 is 6.29. The number of nitrogens with one attached hydrogen (secondary N) is 1. The summed E-state index contributed by atoms with van der Waals surface area (Å²) in [6, 6.07) is 21.4. The average molecular weight is 610 g/mol. The van der Waals surface area contributed by atoms with Gasteiger partial charge in [-0.25, -0.2) is 8.42 Å². The summed E-state index contributed by atoms with van der Waals surface area (Å²) in [7, 11) is -3.82. The maximum absolute atomic E-state index is 14.3. The summed E-state index contributed by atoms with van der Waals surface area (Å²) in [5.41, 5.74) is 3.83. The van der Waals surface area contributed by atoms with Crippen molar-refractivity contribution in [3.63, 3.8) is 0 Å². The number of hydrogen-bond acceptors (Lipinski definition) is 4. The van der Waals surface area contributed by atoms with E-state index in [1.165, 1.54) is 4.90 Å². The molecular weight excluding hydrogens is 570 g/mol. The molecule has 9 heteroatoms. The fourth-order valence-corrected chi connectivity index (χ4v) is 6.68. The third-order valence-electron chi connectivity index (χ3n) is 7.64. The molecule has 42 heavy (non-hydrogen) atoms. The number of amides is 2. The molecule has 0 radical (unpaired) electrons. The molecule has 1 atom stereocenters. The second-order valence-corrected chi connectivity index (χ2v) is 13.7. The van der Waals surface area contributed by atoms with Crippen molar-refractivity contribution in [2.45, 2.75) is 71.0 Å². The molecule has 1 N–H and O–H groups in total. The van der Waals surface area contributed by atoms with Crippen molar-refractivity contribution in [3.8, 4) is 0 Å². The SMILES string of the molecule is Cc1cc(C)cc(N(CC(=O)N(Cc2cccc(Cl)c2)[C@H](Cc2ccccc2)C(=O)NC2CCCCC2)S(C)(=O)=O)c1. The van der Waals surface area contributed by atoms with Gasteiger partial charge in [-0.1, -0.05) is 79.4 Å². The van der Waals surface area contributed by atoms with Crippen LogP contribution in [0.4, 0.5) is 5.69 Å². The number of benzene rings is 3. The van der Waals surface area contributed by atoms with Gasteiger partial charge in [0.1, 0.15) is 12.6 Å². The van der Waals surface area contributed by atoms with E-state index < -0.39 is 28.5 Å². The lowest BCUT2D eigenvalue weighted by atomic mass is 9.94. The molecule has 0 aliphatic heterocycles. The first kappa shape index (κ1) is 31.6. The monoisotopic (exact) mass is 609 g/mol. The third-order valence-corrected chi connectivity index (χ3v) is 9.01. The molecule has 1 fully saturated rings. The summed E-state index contributed by atoms with van der Waals surface area (Å²) in [4.78, 5) is 29.8. The highest BCUT2D eigenvalue weighted by molar-refractivity contribution is 7.92. The minimum Gasteiger partial charge on any atom is -0.352 e.